The Hall–Kier alpha value is -2.49. The van der Waals surface area contributed by atoms with Gasteiger partial charge in [-0.25, -0.2) is 12.7 Å². The van der Waals surface area contributed by atoms with Gasteiger partial charge in [-0.2, -0.15) is 0 Å². The molecule has 0 unspecified atom stereocenters. The predicted octanol–water partition coefficient (Wildman–Crippen LogP) is 3.50. The first-order chi connectivity index (χ1) is 13.7. The van der Waals surface area contributed by atoms with Crippen molar-refractivity contribution in [3.8, 4) is 0 Å². The van der Waals surface area contributed by atoms with Gasteiger partial charge in [0.15, 0.2) is 15.5 Å². The third-order valence-electron chi connectivity index (χ3n) is 4.40. The SMILES string of the molecule is CC(=O)[C@@H]1[C@@H](c2ccccc2)N=C(C(Cl)Cl)N1S(=O)(=O)c1ccccc1[N+](=O)[O-]. The summed E-state index contributed by atoms with van der Waals surface area (Å²) in [5.74, 6) is -0.769. The molecule has 0 fully saturated rings. The van der Waals surface area contributed by atoms with Crippen molar-refractivity contribution in [2.75, 3.05) is 0 Å². The molecule has 2 aromatic carbocycles. The molecule has 152 valence electrons. The van der Waals surface area contributed by atoms with Crippen molar-refractivity contribution < 1.29 is 18.1 Å². The summed E-state index contributed by atoms with van der Waals surface area (Å²) >= 11 is 12.0. The Bertz CT molecular complexity index is 1090. The maximum Gasteiger partial charge on any atom is 0.289 e. The van der Waals surface area contributed by atoms with Gasteiger partial charge in [-0.15, -0.1) is 0 Å². The van der Waals surface area contributed by atoms with E-state index in [1.165, 1.54) is 19.1 Å². The van der Waals surface area contributed by atoms with E-state index in [2.05, 4.69) is 4.99 Å². The van der Waals surface area contributed by atoms with Crippen LogP contribution in [0.25, 0.3) is 0 Å². The number of hydrogen-bond donors (Lipinski definition) is 0. The summed E-state index contributed by atoms with van der Waals surface area (Å²) in [7, 11) is -4.57. The summed E-state index contributed by atoms with van der Waals surface area (Å²) in [6.07, 6.45) is 0. The Morgan fingerprint density at radius 2 is 1.72 bits per heavy atom. The molecular formula is C18H15Cl2N3O5S. The summed E-state index contributed by atoms with van der Waals surface area (Å²) in [5, 5.41) is 11.4. The lowest BCUT2D eigenvalue weighted by Gasteiger charge is -2.28. The number of nitrogens with zero attached hydrogens (tertiary/aromatic N) is 3. The van der Waals surface area contributed by atoms with E-state index in [0.717, 1.165) is 12.1 Å². The number of halogens is 2. The second kappa shape index (κ2) is 8.10. The molecule has 1 aliphatic heterocycles. The standard InChI is InChI=1S/C18H15Cl2N3O5S/c1-11(24)16-15(12-7-3-2-4-8-12)21-18(17(19)20)22(16)29(27,28)14-10-6-5-9-13(14)23(25)26/h2-10,15-17H,1H3/t15-,16-/m1/s1. The molecule has 0 aliphatic carbocycles. The highest BCUT2D eigenvalue weighted by Gasteiger charge is 2.49. The van der Waals surface area contributed by atoms with Crippen molar-refractivity contribution in [2.24, 2.45) is 4.99 Å². The molecule has 2 aromatic rings. The second-order valence-electron chi connectivity index (χ2n) is 6.22. The fourth-order valence-corrected chi connectivity index (χ4v) is 5.46. The van der Waals surface area contributed by atoms with E-state index in [9.17, 15) is 23.3 Å². The summed E-state index contributed by atoms with van der Waals surface area (Å²) in [5.41, 5.74) is -0.0440. The number of carbonyl (C=O) groups excluding carboxylic acids is 1. The molecule has 0 radical (unpaired) electrons. The van der Waals surface area contributed by atoms with Gasteiger partial charge in [0.2, 0.25) is 0 Å². The molecule has 1 aliphatic rings. The van der Waals surface area contributed by atoms with Crippen molar-refractivity contribution in [3.05, 3.63) is 70.3 Å². The molecule has 1 heterocycles. The van der Waals surface area contributed by atoms with Crippen LogP contribution < -0.4 is 0 Å². The molecule has 3 rings (SSSR count). The number of alkyl halides is 2. The number of benzene rings is 2. The van der Waals surface area contributed by atoms with E-state index in [0.29, 0.717) is 9.87 Å². The van der Waals surface area contributed by atoms with Crippen LogP contribution in [0.3, 0.4) is 0 Å². The van der Waals surface area contributed by atoms with Crippen LogP contribution in [-0.2, 0) is 14.8 Å². The quantitative estimate of drug-likeness (QED) is 0.376. The Labute approximate surface area is 177 Å². The van der Waals surface area contributed by atoms with Crippen LogP contribution in [0.2, 0.25) is 0 Å². The largest absolute Gasteiger partial charge is 0.298 e. The molecule has 0 N–H and O–H groups in total. The van der Waals surface area contributed by atoms with E-state index in [4.69, 9.17) is 23.2 Å². The van der Waals surface area contributed by atoms with Crippen LogP contribution in [0.1, 0.15) is 18.5 Å². The average molecular weight is 456 g/mol. The van der Waals surface area contributed by atoms with Crippen molar-refractivity contribution >= 4 is 50.5 Å². The zero-order chi connectivity index (χ0) is 21.3. The molecule has 2 atom stereocenters. The number of aliphatic imine (C=N–C) groups is 1. The first-order valence-corrected chi connectivity index (χ1v) is 10.7. The number of carbonyl (C=O) groups is 1. The van der Waals surface area contributed by atoms with E-state index in [-0.39, 0.29) is 5.84 Å². The highest BCUT2D eigenvalue weighted by molar-refractivity contribution is 7.90. The average Bonchev–Trinajstić information content (AvgIpc) is 3.11. The molecule has 8 nitrogen and oxygen atoms in total. The van der Waals surface area contributed by atoms with Gasteiger partial charge in [0, 0.05) is 6.07 Å². The Morgan fingerprint density at radius 3 is 2.28 bits per heavy atom. The maximum atomic E-state index is 13.4. The number of para-hydroxylation sites is 1. The molecule has 29 heavy (non-hydrogen) atoms. The van der Waals surface area contributed by atoms with E-state index in [1.54, 1.807) is 30.3 Å². The molecule has 0 saturated carbocycles. The first-order valence-electron chi connectivity index (χ1n) is 8.35. The summed E-state index contributed by atoms with van der Waals surface area (Å²) in [4.78, 5) is 25.4. The number of sulfonamides is 1. The predicted molar refractivity (Wildman–Crippen MR) is 109 cm³/mol. The van der Waals surface area contributed by atoms with Crippen LogP contribution >= 0.6 is 23.2 Å². The summed E-state index contributed by atoms with van der Waals surface area (Å²) < 4.78 is 27.6. The Balaban J connectivity index is 2.22. The van der Waals surface area contributed by atoms with Gasteiger partial charge in [0.25, 0.3) is 15.7 Å². The minimum atomic E-state index is -4.57. The lowest BCUT2D eigenvalue weighted by molar-refractivity contribution is -0.387. The van der Waals surface area contributed by atoms with Gasteiger partial charge < -0.3 is 0 Å². The molecule has 0 saturated heterocycles. The van der Waals surface area contributed by atoms with Gasteiger partial charge in [-0.1, -0.05) is 65.7 Å². The summed E-state index contributed by atoms with van der Waals surface area (Å²) in [6, 6.07) is 11.3. The van der Waals surface area contributed by atoms with Crippen molar-refractivity contribution in [2.45, 2.75) is 28.7 Å². The lowest BCUT2D eigenvalue weighted by atomic mass is 9.98. The molecule has 0 spiro atoms. The highest BCUT2D eigenvalue weighted by atomic mass is 35.5. The zero-order valence-electron chi connectivity index (χ0n) is 15.0. The second-order valence-corrected chi connectivity index (χ2v) is 9.10. The molecule has 11 heteroatoms. The topological polar surface area (TPSA) is 110 Å². The van der Waals surface area contributed by atoms with Crippen LogP contribution in [0.4, 0.5) is 5.69 Å². The van der Waals surface area contributed by atoms with E-state index < -0.39 is 48.2 Å². The minimum absolute atomic E-state index is 0.263. The normalized spacial score (nSPS) is 19.3. The molecule has 0 aromatic heterocycles. The van der Waals surface area contributed by atoms with Crippen LogP contribution in [0.15, 0.2) is 64.5 Å². The Morgan fingerprint density at radius 1 is 1.14 bits per heavy atom. The van der Waals surface area contributed by atoms with Gasteiger partial charge in [-0.05, 0) is 18.6 Å². The van der Waals surface area contributed by atoms with Crippen LogP contribution in [0.5, 0.6) is 0 Å². The van der Waals surface area contributed by atoms with Crippen LogP contribution in [0, 0.1) is 10.1 Å². The molecule has 0 bridgehead atoms. The van der Waals surface area contributed by atoms with Gasteiger partial charge in [0.1, 0.15) is 17.9 Å². The Kier molecular flexibility index (Phi) is 5.92. The summed E-state index contributed by atoms with van der Waals surface area (Å²) in [6.45, 7) is 1.22. The van der Waals surface area contributed by atoms with Gasteiger partial charge in [-0.3, -0.25) is 19.9 Å². The van der Waals surface area contributed by atoms with E-state index >= 15 is 0 Å². The minimum Gasteiger partial charge on any atom is -0.298 e. The number of nitro groups is 1. The van der Waals surface area contributed by atoms with Crippen molar-refractivity contribution in [3.63, 3.8) is 0 Å². The number of Topliss-reactive ketones (excluding diaryl/α,β-unsaturated/α-hetero) is 1. The first kappa shape index (κ1) is 21.2. The number of nitro benzene ring substituents is 1. The van der Waals surface area contributed by atoms with E-state index in [1.807, 2.05) is 0 Å². The third-order valence-corrected chi connectivity index (χ3v) is 6.62. The molecular weight excluding hydrogens is 441 g/mol. The number of amidine groups is 1. The maximum absolute atomic E-state index is 13.4. The smallest absolute Gasteiger partial charge is 0.289 e. The lowest BCUT2D eigenvalue weighted by Crippen LogP contribution is -2.47. The number of ketones is 1. The third kappa shape index (κ3) is 3.85. The fraction of sp³-hybridized carbons (Fsp3) is 0.222. The number of hydrogen-bond acceptors (Lipinski definition) is 6. The van der Waals surface area contributed by atoms with Crippen molar-refractivity contribution in [1.29, 1.82) is 0 Å². The monoisotopic (exact) mass is 455 g/mol. The van der Waals surface area contributed by atoms with Crippen molar-refractivity contribution in [1.82, 2.24) is 4.31 Å². The fourth-order valence-electron chi connectivity index (χ4n) is 3.19. The molecule has 0 amide bonds. The number of rotatable bonds is 6. The van der Waals surface area contributed by atoms with Gasteiger partial charge in [0.05, 0.1) is 4.92 Å². The van der Waals surface area contributed by atoms with Gasteiger partial charge >= 0.3 is 0 Å². The van der Waals surface area contributed by atoms with Crippen LogP contribution in [-0.4, -0.2) is 40.1 Å². The highest BCUT2D eigenvalue weighted by Crippen LogP contribution is 2.39. The zero-order valence-corrected chi connectivity index (χ0v) is 17.3.